The van der Waals surface area contributed by atoms with Crippen LogP contribution in [0.2, 0.25) is 0 Å². The van der Waals surface area contributed by atoms with Gasteiger partial charge in [-0.15, -0.1) is 11.3 Å². The Labute approximate surface area is 120 Å². The number of rotatable bonds is 5. The summed E-state index contributed by atoms with van der Waals surface area (Å²) < 4.78 is 0. The molecule has 19 heavy (non-hydrogen) atoms. The predicted molar refractivity (Wildman–Crippen MR) is 85.0 cm³/mol. The van der Waals surface area contributed by atoms with Gasteiger partial charge in [0.15, 0.2) is 0 Å². The highest BCUT2D eigenvalue weighted by molar-refractivity contribution is 7.11. The van der Waals surface area contributed by atoms with Crippen molar-refractivity contribution in [1.29, 1.82) is 0 Å². The zero-order valence-electron chi connectivity index (χ0n) is 12.1. The zero-order chi connectivity index (χ0) is 13.8. The minimum Gasteiger partial charge on any atom is -0.327 e. The summed E-state index contributed by atoms with van der Waals surface area (Å²) in [5.74, 6) is 0. The maximum atomic E-state index is 6.28. The topological polar surface area (TPSA) is 26.0 Å². The molecule has 0 bridgehead atoms. The molecule has 0 fully saturated rings. The lowest BCUT2D eigenvalue weighted by atomic mass is 9.99. The van der Waals surface area contributed by atoms with Crippen LogP contribution in [0.15, 0.2) is 30.3 Å². The molecule has 0 saturated carbocycles. The smallest absolute Gasteiger partial charge is 0.0128 e. The Hall–Kier alpha value is -1.12. The first-order valence-corrected chi connectivity index (χ1v) is 7.79. The highest BCUT2D eigenvalue weighted by Crippen LogP contribution is 2.19. The van der Waals surface area contributed by atoms with Gasteiger partial charge < -0.3 is 5.73 Å². The molecular weight excluding hydrogens is 250 g/mol. The third-order valence-electron chi connectivity index (χ3n) is 3.60. The molecule has 1 aromatic heterocycles. The first kappa shape index (κ1) is 14.3. The Kier molecular flexibility index (Phi) is 4.78. The SMILES string of the molecule is CCc1ccc(CC(N)Cc2ccc(C)c(C)c2)s1. The van der Waals surface area contributed by atoms with E-state index in [1.165, 1.54) is 26.4 Å². The Morgan fingerprint density at radius 2 is 1.74 bits per heavy atom. The van der Waals surface area contributed by atoms with Crippen molar-refractivity contribution in [3.8, 4) is 0 Å². The molecule has 0 spiro atoms. The lowest BCUT2D eigenvalue weighted by molar-refractivity contribution is 0.670. The van der Waals surface area contributed by atoms with Crippen LogP contribution >= 0.6 is 11.3 Å². The van der Waals surface area contributed by atoms with E-state index in [9.17, 15) is 0 Å². The average Bonchev–Trinajstić information content (AvgIpc) is 2.81. The average molecular weight is 273 g/mol. The molecular formula is C17H23NS. The monoisotopic (exact) mass is 273 g/mol. The van der Waals surface area contributed by atoms with E-state index >= 15 is 0 Å². The van der Waals surface area contributed by atoms with E-state index < -0.39 is 0 Å². The molecule has 1 unspecified atom stereocenters. The van der Waals surface area contributed by atoms with Gasteiger partial charge in [0, 0.05) is 15.8 Å². The van der Waals surface area contributed by atoms with Gasteiger partial charge in [0.25, 0.3) is 0 Å². The van der Waals surface area contributed by atoms with E-state index in [0.29, 0.717) is 0 Å². The van der Waals surface area contributed by atoms with E-state index in [4.69, 9.17) is 5.73 Å². The summed E-state index contributed by atoms with van der Waals surface area (Å²) in [5, 5.41) is 0. The normalized spacial score (nSPS) is 12.6. The lowest BCUT2D eigenvalue weighted by Gasteiger charge is -2.12. The molecule has 1 atom stereocenters. The van der Waals surface area contributed by atoms with Crippen LogP contribution in [-0.2, 0) is 19.3 Å². The Bertz CT molecular complexity index is 542. The van der Waals surface area contributed by atoms with Crippen LogP contribution in [0.4, 0.5) is 0 Å². The summed E-state index contributed by atoms with van der Waals surface area (Å²) in [5.41, 5.74) is 10.3. The highest BCUT2D eigenvalue weighted by Gasteiger charge is 2.08. The highest BCUT2D eigenvalue weighted by atomic mass is 32.1. The lowest BCUT2D eigenvalue weighted by Crippen LogP contribution is -2.25. The first-order chi connectivity index (χ1) is 9.08. The molecule has 0 aliphatic rings. The van der Waals surface area contributed by atoms with Crippen LogP contribution in [0.5, 0.6) is 0 Å². The molecule has 0 aliphatic carbocycles. The van der Waals surface area contributed by atoms with Gasteiger partial charge in [-0.05, 0) is 61.9 Å². The third kappa shape index (κ3) is 3.92. The summed E-state index contributed by atoms with van der Waals surface area (Å²) >= 11 is 1.90. The standard InChI is InChI=1S/C17H23NS/c1-4-16-7-8-17(19-16)11-15(18)10-14-6-5-12(2)13(3)9-14/h5-9,15H,4,10-11,18H2,1-3H3. The molecule has 0 aliphatic heterocycles. The van der Waals surface area contributed by atoms with Gasteiger partial charge in [-0.3, -0.25) is 0 Å². The number of nitrogens with two attached hydrogens (primary N) is 1. The van der Waals surface area contributed by atoms with Crippen molar-refractivity contribution in [3.05, 3.63) is 56.8 Å². The van der Waals surface area contributed by atoms with Crippen LogP contribution in [0.1, 0.15) is 33.4 Å². The fourth-order valence-corrected chi connectivity index (χ4v) is 3.34. The van der Waals surface area contributed by atoms with Crippen molar-refractivity contribution in [3.63, 3.8) is 0 Å². The number of hydrogen-bond donors (Lipinski definition) is 1. The second kappa shape index (κ2) is 6.36. The summed E-state index contributed by atoms with van der Waals surface area (Å²) in [6, 6.07) is 11.3. The van der Waals surface area contributed by atoms with Gasteiger partial charge in [-0.25, -0.2) is 0 Å². The maximum Gasteiger partial charge on any atom is 0.0128 e. The Morgan fingerprint density at radius 3 is 2.37 bits per heavy atom. The second-order valence-electron chi connectivity index (χ2n) is 5.31. The van der Waals surface area contributed by atoms with Gasteiger partial charge in [-0.2, -0.15) is 0 Å². The van der Waals surface area contributed by atoms with Crippen LogP contribution in [0, 0.1) is 13.8 Å². The minimum absolute atomic E-state index is 0.213. The van der Waals surface area contributed by atoms with Crippen LogP contribution in [0.3, 0.4) is 0 Å². The molecule has 1 heterocycles. The fraction of sp³-hybridized carbons (Fsp3) is 0.412. The molecule has 2 heteroatoms. The molecule has 102 valence electrons. The second-order valence-corrected chi connectivity index (χ2v) is 6.56. The van der Waals surface area contributed by atoms with Gasteiger partial charge in [0.2, 0.25) is 0 Å². The van der Waals surface area contributed by atoms with Gasteiger partial charge in [0.05, 0.1) is 0 Å². The van der Waals surface area contributed by atoms with E-state index in [2.05, 4.69) is 51.1 Å². The number of thiophene rings is 1. The minimum atomic E-state index is 0.213. The molecule has 2 rings (SSSR count). The zero-order valence-corrected chi connectivity index (χ0v) is 12.9. The predicted octanol–water partition coefficient (Wildman–Crippen LogP) is 4.04. The van der Waals surface area contributed by atoms with Crippen LogP contribution in [0.25, 0.3) is 0 Å². The number of hydrogen-bond acceptors (Lipinski definition) is 2. The Balaban J connectivity index is 1.96. The number of benzene rings is 1. The van der Waals surface area contributed by atoms with Gasteiger partial charge >= 0.3 is 0 Å². The van der Waals surface area contributed by atoms with E-state index in [-0.39, 0.29) is 6.04 Å². The van der Waals surface area contributed by atoms with E-state index in [1.807, 2.05) is 11.3 Å². The van der Waals surface area contributed by atoms with Crippen molar-refractivity contribution >= 4 is 11.3 Å². The van der Waals surface area contributed by atoms with Crippen molar-refractivity contribution in [2.24, 2.45) is 5.73 Å². The molecule has 2 N–H and O–H groups in total. The summed E-state index contributed by atoms with van der Waals surface area (Å²) in [7, 11) is 0. The first-order valence-electron chi connectivity index (χ1n) is 6.97. The van der Waals surface area contributed by atoms with Crippen molar-refractivity contribution < 1.29 is 0 Å². The van der Waals surface area contributed by atoms with E-state index in [1.54, 1.807) is 0 Å². The van der Waals surface area contributed by atoms with Gasteiger partial charge in [0.1, 0.15) is 0 Å². The van der Waals surface area contributed by atoms with Crippen molar-refractivity contribution in [2.75, 3.05) is 0 Å². The number of aryl methyl sites for hydroxylation is 3. The quantitative estimate of drug-likeness (QED) is 0.874. The van der Waals surface area contributed by atoms with Crippen molar-refractivity contribution in [2.45, 2.75) is 46.1 Å². The summed E-state index contributed by atoms with van der Waals surface area (Å²) in [6.45, 7) is 6.51. The molecule has 0 saturated heterocycles. The largest absolute Gasteiger partial charge is 0.327 e. The van der Waals surface area contributed by atoms with Crippen LogP contribution < -0.4 is 5.73 Å². The molecule has 0 amide bonds. The molecule has 2 aromatic rings. The van der Waals surface area contributed by atoms with Crippen LogP contribution in [-0.4, -0.2) is 6.04 Å². The Morgan fingerprint density at radius 1 is 1.00 bits per heavy atom. The van der Waals surface area contributed by atoms with Crippen molar-refractivity contribution in [1.82, 2.24) is 0 Å². The molecule has 1 nitrogen and oxygen atoms in total. The van der Waals surface area contributed by atoms with Gasteiger partial charge in [-0.1, -0.05) is 25.1 Å². The summed E-state index contributed by atoms with van der Waals surface area (Å²) in [4.78, 5) is 2.86. The molecule has 1 aromatic carbocycles. The third-order valence-corrected chi connectivity index (χ3v) is 4.85. The maximum absolute atomic E-state index is 6.28. The summed E-state index contributed by atoms with van der Waals surface area (Å²) in [6.07, 6.45) is 3.06. The fourth-order valence-electron chi connectivity index (χ4n) is 2.29. The van der Waals surface area contributed by atoms with E-state index in [0.717, 1.165) is 19.3 Å². The molecule has 0 radical (unpaired) electrons.